The molecule has 1 rings (SSSR count). The standard InChI is InChI=1S/C13H23N3O5/c1-9-7-10(12(18)19)3-5-16(9)8-11(17)15-13(20)14-4-6-21-2/h9-10H,3-8H2,1-2H3,(H,18,19)(H2,14,15,17,20). The van der Waals surface area contributed by atoms with Crippen LogP contribution in [-0.4, -0.2) is 67.3 Å². The van der Waals surface area contributed by atoms with Crippen LogP contribution >= 0.6 is 0 Å². The van der Waals surface area contributed by atoms with E-state index in [1.165, 1.54) is 7.11 Å². The largest absolute Gasteiger partial charge is 0.481 e. The highest BCUT2D eigenvalue weighted by molar-refractivity contribution is 5.95. The van der Waals surface area contributed by atoms with Crippen molar-refractivity contribution in [2.75, 3.05) is 33.4 Å². The van der Waals surface area contributed by atoms with Crippen molar-refractivity contribution in [1.82, 2.24) is 15.5 Å². The second kappa shape index (κ2) is 8.58. The molecule has 0 aliphatic carbocycles. The van der Waals surface area contributed by atoms with E-state index in [1.807, 2.05) is 11.8 Å². The summed E-state index contributed by atoms with van der Waals surface area (Å²) in [7, 11) is 1.52. The van der Waals surface area contributed by atoms with Gasteiger partial charge in [-0.25, -0.2) is 4.79 Å². The Morgan fingerprint density at radius 3 is 2.67 bits per heavy atom. The minimum Gasteiger partial charge on any atom is -0.481 e. The second-order valence-electron chi connectivity index (χ2n) is 5.18. The van der Waals surface area contributed by atoms with Gasteiger partial charge < -0.3 is 15.2 Å². The van der Waals surface area contributed by atoms with E-state index in [-0.39, 0.29) is 18.5 Å². The zero-order chi connectivity index (χ0) is 15.8. The van der Waals surface area contributed by atoms with Gasteiger partial charge >= 0.3 is 12.0 Å². The van der Waals surface area contributed by atoms with Gasteiger partial charge in [0.1, 0.15) is 0 Å². The van der Waals surface area contributed by atoms with E-state index in [0.29, 0.717) is 32.5 Å². The van der Waals surface area contributed by atoms with Crippen LogP contribution in [0.5, 0.6) is 0 Å². The maximum absolute atomic E-state index is 11.8. The SMILES string of the molecule is COCCNC(=O)NC(=O)CN1CCC(C(=O)O)CC1C. The number of aliphatic carboxylic acids is 1. The van der Waals surface area contributed by atoms with Crippen molar-refractivity contribution < 1.29 is 24.2 Å². The number of amides is 3. The highest BCUT2D eigenvalue weighted by Crippen LogP contribution is 2.22. The van der Waals surface area contributed by atoms with E-state index in [2.05, 4.69) is 10.6 Å². The number of ether oxygens (including phenoxy) is 1. The molecule has 2 unspecified atom stereocenters. The zero-order valence-electron chi connectivity index (χ0n) is 12.4. The number of nitrogens with one attached hydrogen (secondary N) is 2. The van der Waals surface area contributed by atoms with E-state index in [0.717, 1.165) is 0 Å². The molecule has 3 amide bonds. The number of rotatable bonds is 6. The van der Waals surface area contributed by atoms with Gasteiger partial charge in [-0.05, 0) is 26.3 Å². The lowest BCUT2D eigenvalue weighted by Crippen LogP contribution is -2.50. The lowest BCUT2D eigenvalue weighted by molar-refractivity contribution is -0.144. The summed E-state index contributed by atoms with van der Waals surface area (Å²) in [5, 5.41) is 13.7. The number of piperidine rings is 1. The Balaban J connectivity index is 2.31. The maximum atomic E-state index is 11.8. The molecule has 8 nitrogen and oxygen atoms in total. The summed E-state index contributed by atoms with van der Waals surface area (Å²) in [6.45, 7) is 3.22. The number of carboxylic acids is 1. The van der Waals surface area contributed by atoms with E-state index < -0.39 is 17.9 Å². The first kappa shape index (κ1) is 17.4. The van der Waals surface area contributed by atoms with E-state index in [1.54, 1.807) is 0 Å². The van der Waals surface area contributed by atoms with Crippen molar-refractivity contribution in [1.29, 1.82) is 0 Å². The molecule has 1 aliphatic rings. The van der Waals surface area contributed by atoms with Crippen LogP contribution in [0, 0.1) is 5.92 Å². The topological polar surface area (TPSA) is 108 Å². The van der Waals surface area contributed by atoms with Gasteiger partial charge in [0.25, 0.3) is 0 Å². The molecule has 0 saturated carbocycles. The Morgan fingerprint density at radius 1 is 1.38 bits per heavy atom. The minimum atomic E-state index is -0.788. The Hall–Kier alpha value is -1.67. The van der Waals surface area contributed by atoms with Gasteiger partial charge in [0.05, 0.1) is 19.1 Å². The van der Waals surface area contributed by atoms with E-state index in [4.69, 9.17) is 9.84 Å². The van der Waals surface area contributed by atoms with Crippen LogP contribution in [0.2, 0.25) is 0 Å². The summed E-state index contributed by atoms with van der Waals surface area (Å²) < 4.78 is 4.78. The quantitative estimate of drug-likeness (QED) is 0.578. The number of hydrogen-bond acceptors (Lipinski definition) is 5. The molecule has 0 bridgehead atoms. The number of carbonyl (C=O) groups excluding carboxylic acids is 2. The molecule has 3 N–H and O–H groups in total. The third-order valence-corrected chi connectivity index (χ3v) is 3.55. The third kappa shape index (κ3) is 6.09. The number of carboxylic acid groups (broad SMARTS) is 1. The number of likely N-dealkylation sites (tertiary alicyclic amines) is 1. The van der Waals surface area contributed by atoms with Crippen molar-refractivity contribution in [2.24, 2.45) is 5.92 Å². The molecular formula is C13H23N3O5. The van der Waals surface area contributed by atoms with Gasteiger partial charge in [-0.2, -0.15) is 0 Å². The number of hydrogen-bond donors (Lipinski definition) is 3. The summed E-state index contributed by atoms with van der Waals surface area (Å²) in [6.07, 6.45) is 1.04. The van der Waals surface area contributed by atoms with Gasteiger partial charge in [0.15, 0.2) is 0 Å². The number of imide groups is 1. The molecule has 1 fully saturated rings. The van der Waals surface area contributed by atoms with Crippen LogP contribution in [0.25, 0.3) is 0 Å². The van der Waals surface area contributed by atoms with Crippen molar-refractivity contribution >= 4 is 17.9 Å². The van der Waals surface area contributed by atoms with Gasteiger partial charge in [-0.3, -0.25) is 19.8 Å². The molecular weight excluding hydrogens is 278 g/mol. The van der Waals surface area contributed by atoms with Gasteiger partial charge in [-0.15, -0.1) is 0 Å². The Kier molecular flexibility index (Phi) is 7.10. The fourth-order valence-corrected chi connectivity index (χ4v) is 2.34. The number of methoxy groups -OCH3 is 1. The van der Waals surface area contributed by atoms with E-state index in [9.17, 15) is 14.4 Å². The Labute approximate surface area is 123 Å². The predicted octanol–water partition coefficient (Wildman–Crippen LogP) is -0.356. The highest BCUT2D eigenvalue weighted by Gasteiger charge is 2.30. The van der Waals surface area contributed by atoms with Crippen LogP contribution in [0.15, 0.2) is 0 Å². The predicted molar refractivity (Wildman–Crippen MR) is 74.8 cm³/mol. The molecule has 0 aromatic rings. The molecule has 0 aromatic carbocycles. The van der Waals surface area contributed by atoms with Crippen LogP contribution in [0.3, 0.4) is 0 Å². The molecule has 1 saturated heterocycles. The van der Waals surface area contributed by atoms with Crippen LogP contribution in [-0.2, 0) is 14.3 Å². The summed E-state index contributed by atoms with van der Waals surface area (Å²) in [4.78, 5) is 36.0. The van der Waals surface area contributed by atoms with Crippen LogP contribution in [0.1, 0.15) is 19.8 Å². The first-order chi connectivity index (χ1) is 9.93. The van der Waals surface area contributed by atoms with Crippen LogP contribution < -0.4 is 10.6 Å². The smallest absolute Gasteiger partial charge is 0.321 e. The van der Waals surface area contributed by atoms with Crippen molar-refractivity contribution in [3.05, 3.63) is 0 Å². The summed E-state index contributed by atoms with van der Waals surface area (Å²) in [5.41, 5.74) is 0. The van der Waals surface area contributed by atoms with Gasteiger partial charge in [-0.1, -0.05) is 0 Å². The summed E-state index contributed by atoms with van der Waals surface area (Å²) in [6, 6.07) is -0.549. The monoisotopic (exact) mass is 301 g/mol. The lowest BCUT2D eigenvalue weighted by Gasteiger charge is -2.35. The molecule has 0 aromatic heterocycles. The zero-order valence-corrected chi connectivity index (χ0v) is 12.4. The normalized spacial score (nSPS) is 22.6. The van der Waals surface area contributed by atoms with Crippen molar-refractivity contribution in [3.63, 3.8) is 0 Å². The third-order valence-electron chi connectivity index (χ3n) is 3.55. The molecule has 0 radical (unpaired) electrons. The first-order valence-electron chi connectivity index (χ1n) is 6.97. The molecule has 120 valence electrons. The average Bonchev–Trinajstić information content (AvgIpc) is 2.41. The lowest BCUT2D eigenvalue weighted by atomic mass is 9.92. The van der Waals surface area contributed by atoms with Crippen LogP contribution in [0.4, 0.5) is 4.79 Å². The molecule has 1 aliphatic heterocycles. The summed E-state index contributed by atoms with van der Waals surface area (Å²) >= 11 is 0. The van der Waals surface area contributed by atoms with Crippen molar-refractivity contribution in [2.45, 2.75) is 25.8 Å². The fraction of sp³-hybridized carbons (Fsp3) is 0.769. The van der Waals surface area contributed by atoms with Crippen molar-refractivity contribution in [3.8, 4) is 0 Å². The molecule has 21 heavy (non-hydrogen) atoms. The first-order valence-corrected chi connectivity index (χ1v) is 6.97. The second-order valence-corrected chi connectivity index (χ2v) is 5.18. The number of nitrogens with zero attached hydrogens (tertiary/aromatic N) is 1. The average molecular weight is 301 g/mol. The van der Waals surface area contributed by atoms with Gasteiger partial charge in [0, 0.05) is 19.7 Å². The summed E-state index contributed by atoms with van der Waals surface area (Å²) in [5.74, 6) is -1.54. The number of carbonyl (C=O) groups is 3. The van der Waals surface area contributed by atoms with Gasteiger partial charge in [0.2, 0.25) is 5.91 Å². The minimum absolute atomic E-state index is 0.00199. The molecule has 0 spiro atoms. The molecule has 8 heteroatoms. The molecule has 1 heterocycles. The molecule has 2 atom stereocenters. The fourth-order valence-electron chi connectivity index (χ4n) is 2.34. The number of urea groups is 1. The Morgan fingerprint density at radius 2 is 2.10 bits per heavy atom. The highest BCUT2D eigenvalue weighted by atomic mass is 16.5. The Bertz CT molecular complexity index is 388. The maximum Gasteiger partial charge on any atom is 0.321 e. The van der Waals surface area contributed by atoms with E-state index >= 15 is 0 Å².